The number of hydrogen-bond acceptors (Lipinski definition) is 2. The number of aliphatic hydroxyl groups excluding tert-OH is 1. The first kappa shape index (κ1) is 11.2. The molecule has 2 N–H and O–H groups in total. The van der Waals surface area contributed by atoms with Crippen LogP contribution in [0.3, 0.4) is 0 Å². The molecule has 14 heavy (non-hydrogen) atoms. The molecule has 0 aliphatic rings. The molecule has 0 saturated carbocycles. The van der Waals surface area contributed by atoms with E-state index in [1.165, 1.54) is 6.07 Å². The zero-order valence-electron chi connectivity index (χ0n) is 7.30. The predicted molar refractivity (Wildman–Crippen MR) is 51.6 cm³/mol. The zero-order valence-corrected chi connectivity index (χ0v) is 8.06. The molecule has 5 heteroatoms. The fourth-order valence-corrected chi connectivity index (χ4v) is 1.01. The Kier molecular flexibility index (Phi) is 4.10. The van der Waals surface area contributed by atoms with Gasteiger partial charge in [-0.1, -0.05) is 0 Å². The van der Waals surface area contributed by atoms with Gasteiger partial charge in [-0.25, -0.2) is 8.78 Å². The van der Waals surface area contributed by atoms with Crippen molar-refractivity contribution in [1.29, 1.82) is 0 Å². The van der Waals surface area contributed by atoms with Crippen molar-refractivity contribution in [3.05, 3.63) is 29.8 Å². The van der Waals surface area contributed by atoms with Crippen LogP contribution in [0.2, 0.25) is 0 Å². The van der Waals surface area contributed by atoms with Crippen LogP contribution in [0.15, 0.2) is 18.2 Å². The van der Waals surface area contributed by atoms with E-state index in [9.17, 15) is 8.78 Å². The van der Waals surface area contributed by atoms with Gasteiger partial charge < -0.3 is 10.4 Å². The summed E-state index contributed by atoms with van der Waals surface area (Å²) in [5, 5.41) is 11.8. The van der Waals surface area contributed by atoms with E-state index >= 15 is 0 Å². The van der Waals surface area contributed by atoms with Gasteiger partial charge in [0.1, 0.15) is 0 Å². The number of rotatable bonds is 4. The van der Waals surface area contributed by atoms with Gasteiger partial charge in [-0.3, -0.25) is 0 Å². The third-order valence-corrected chi connectivity index (χ3v) is 2.00. The van der Waals surface area contributed by atoms with E-state index in [0.717, 1.165) is 12.1 Å². The summed E-state index contributed by atoms with van der Waals surface area (Å²) in [5.41, 5.74) is 0.410. The van der Waals surface area contributed by atoms with Crippen LogP contribution in [0.1, 0.15) is 0 Å². The maximum Gasteiger partial charge on any atom is 0.160 e. The third-order valence-electron chi connectivity index (χ3n) is 1.64. The molecule has 0 saturated heterocycles. The van der Waals surface area contributed by atoms with Gasteiger partial charge >= 0.3 is 0 Å². The molecule has 1 atom stereocenters. The highest BCUT2D eigenvalue weighted by atomic mass is 35.5. The van der Waals surface area contributed by atoms with Gasteiger partial charge in [0, 0.05) is 18.3 Å². The Hall–Kier alpha value is -0.870. The standard InChI is InChI=1S/C9H10ClF2NO/c10-4-7(14)5-13-6-1-2-8(11)9(12)3-6/h1-3,7,13-14H,4-5H2/t7-/m0/s1. The normalized spacial score (nSPS) is 12.6. The van der Waals surface area contributed by atoms with E-state index in [0.29, 0.717) is 5.69 Å². The number of alkyl halides is 1. The molecular formula is C9H10ClF2NO. The lowest BCUT2D eigenvalue weighted by Crippen LogP contribution is -2.20. The summed E-state index contributed by atoms with van der Waals surface area (Å²) >= 11 is 5.35. The summed E-state index contributed by atoms with van der Waals surface area (Å²) in [6.07, 6.45) is -0.704. The summed E-state index contributed by atoms with van der Waals surface area (Å²) < 4.78 is 25.2. The molecule has 1 rings (SSSR count). The van der Waals surface area contributed by atoms with Crippen LogP contribution in [0, 0.1) is 11.6 Å². The monoisotopic (exact) mass is 221 g/mol. The first-order valence-electron chi connectivity index (χ1n) is 4.06. The lowest BCUT2D eigenvalue weighted by molar-refractivity contribution is 0.211. The van der Waals surface area contributed by atoms with E-state index in [1.54, 1.807) is 0 Å². The van der Waals surface area contributed by atoms with Crippen molar-refractivity contribution in [2.75, 3.05) is 17.7 Å². The first-order chi connectivity index (χ1) is 6.63. The third kappa shape index (κ3) is 3.12. The van der Waals surface area contributed by atoms with Gasteiger partial charge in [-0.15, -0.1) is 11.6 Å². The molecule has 0 aliphatic carbocycles. The average Bonchev–Trinajstić information content (AvgIpc) is 2.19. The van der Waals surface area contributed by atoms with Gasteiger partial charge in [0.15, 0.2) is 11.6 Å². The fraction of sp³-hybridized carbons (Fsp3) is 0.333. The number of nitrogens with one attached hydrogen (secondary N) is 1. The molecule has 0 aliphatic heterocycles. The molecular weight excluding hydrogens is 212 g/mol. The number of hydrogen-bond donors (Lipinski definition) is 2. The van der Waals surface area contributed by atoms with Crippen molar-refractivity contribution in [2.24, 2.45) is 0 Å². The van der Waals surface area contributed by atoms with Gasteiger partial charge in [-0.2, -0.15) is 0 Å². The topological polar surface area (TPSA) is 32.3 Å². The zero-order chi connectivity index (χ0) is 10.6. The Bertz CT molecular complexity index is 309. The summed E-state index contributed by atoms with van der Waals surface area (Å²) in [6, 6.07) is 3.43. The van der Waals surface area contributed by atoms with E-state index in [-0.39, 0.29) is 12.4 Å². The number of anilines is 1. The van der Waals surface area contributed by atoms with Crippen LogP contribution in [0.5, 0.6) is 0 Å². The van der Waals surface area contributed by atoms with E-state index in [2.05, 4.69) is 5.32 Å². The molecule has 0 radical (unpaired) electrons. The van der Waals surface area contributed by atoms with E-state index < -0.39 is 17.7 Å². The van der Waals surface area contributed by atoms with E-state index in [4.69, 9.17) is 16.7 Å². The van der Waals surface area contributed by atoms with Crippen molar-refractivity contribution in [2.45, 2.75) is 6.10 Å². The quantitative estimate of drug-likeness (QED) is 0.762. The number of aliphatic hydroxyl groups is 1. The van der Waals surface area contributed by atoms with Crippen molar-refractivity contribution in [1.82, 2.24) is 0 Å². The van der Waals surface area contributed by atoms with Crippen molar-refractivity contribution in [3.63, 3.8) is 0 Å². The minimum Gasteiger partial charge on any atom is -0.390 e. The highest BCUT2D eigenvalue weighted by Gasteiger charge is 2.04. The number of halogens is 3. The summed E-state index contributed by atoms with van der Waals surface area (Å²) in [4.78, 5) is 0. The van der Waals surface area contributed by atoms with Gasteiger partial charge in [0.2, 0.25) is 0 Å². The minimum absolute atomic E-state index is 0.0939. The van der Waals surface area contributed by atoms with Crippen LogP contribution in [0.25, 0.3) is 0 Å². The molecule has 2 nitrogen and oxygen atoms in total. The maximum absolute atomic E-state index is 12.7. The number of benzene rings is 1. The molecule has 0 unspecified atom stereocenters. The molecule has 1 aromatic rings. The lowest BCUT2D eigenvalue weighted by Gasteiger charge is -2.09. The van der Waals surface area contributed by atoms with Crippen LogP contribution >= 0.6 is 11.6 Å². The molecule has 0 amide bonds. The second kappa shape index (κ2) is 5.12. The summed E-state index contributed by atoms with van der Waals surface area (Å²) in [7, 11) is 0. The second-order valence-electron chi connectivity index (χ2n) is 2.82. The average molecular weight is 222 g/mol. The second-order valence-corrected chi connectivity index (χ2v) is 3.13. The largest absolute Gasteiger partial charge is 0.390 e. The van der Waals surface area contributed by atoms with Crippen LogP contribution < -0.4 is 5.32 Å². The Balaban J connectivity index is 2.55. The molecule has 0 heterocycles. The Morgan fingerprint density at radius 1 is 1.36 bits per heavy atom. The highest BCUT2D eigenvalue weighted by molar-refractivity contribution is 6.18. The predicted octanol–water partition coefficient (Wildman–Crippen LogP) is 1.98. The molecule has 1 aromatic carbocycles. The lowest BCUT2D eigenvalue weighted by atomic mass is 10.3. The minimum atomic E-state index is -0.921. The first-order valence-corrected chi connectivity index (χ1v) is 4.60. The van der Waals surface area contributed by atoms with Crippen LogP contribution in [-0.4, -0.2) is 23.6 Å². The van der Waals surface area contributed by atoms with Crippen LogP contribution in [0.4, 0.5) is 14.5 Å². The smallest absolute Gasteiger partial charge is 0.160 e. The SMILES string of the molecule is O[C@@H](CCl)CNc1ccc(F)c(F)c1. The molecule has 0 fully saturated rings. The highest BCUT2D eigenvalue weighted by Crippen LogP contribution is 2.12. The maximum atomic E-state index is 12.7. The molecule has 0 bridgehead atoms. The molecule has 78 valence electrons. The van der Waals surface area contributed by atoms with E-state index in [1.807, 2.05) is 0 Å². The Labute approximate surface area is 85.5 Å². The van der Waals surface area contributed by atoms with Crippen molar-refractivity contribution >= 4 is 17.3 Å². The van der Waals surface area contributed by atoms with Crippen LogP contribution in [-0.2, 0) is 0 Å². The Morgan fingerprint density at radius 3 is 2.64 bits per heavy atom. The van der Waals surface area contributed by atoms with Crippen molar-refractivity contribution < 1.29 is 13.9 Å². The molecule has 0 aromatic heterocycles. The van der Waals surface area contributed by atoms with Gasteiger partial charge in [-0.05, 0) is 12.1 Å². The Morgan fingerprint density at radius 2 is 2.07 bits per heavy atom. The summed E-state index contributed by atoms with van der Waals surface area (Å²) in [5.74, 6) is -1.72. The summed E-state index contributed by atoms with van der Waals surface area (Å²) in [6.45, 7) is 0.203. The fourth-order valence-electron chi connectivity index (χ4n) is 0.896. The van der Waals surface area contributed by atoms with Gasteiger partial charge in [0.25, 0.3) is 0 Å². The van der Waals surface area contributed by atoms with Crippen molar-refractivity contribution in [3.8, 4) is 0 Å². The van der Waals surface area contributed by atoms with Gasteiger partial charge in [0.05, 0.1) is 12.0 Å². The molecule has 0 spiro atoms.